The first-order valence-corrected chi connectivity index (χ1v) is 8.66. The van der Waals surface area contributed by atoms with Crippen LogP contribution in [-0.4, -0.2) is 36.3 Å². The normalized spacial score (nSPS) is 11.1. The summed E-state index contributed by atoms with van der Waals surface area (Å²) in [5.74, 6) is -2.82. The minimum absolute atomic E-state index is 0.0614. The number of amides is 3. The Morgan fingerprint density at radius 2 is 1.62 bits per heavy atom. The van der Waals surface area contributed by atoms with Crippen molar-refractivity contribution in [2.45, 2.75) is 20.0 Å². The zero-order chi connectivity index (χ0) is 21.4. The molecule has 0 aliphatic carbocycles. The van der Waals surface area contributed by atoms with Crippen molar-refractivity contribution >= 4 is 35.1 Å². The topological polar surface area (TPSA) is 114 Å². The van der Waals surface area contributed by atoms with Crippen LogP contribution in [0.4, 0.5) is 15.8 Å². The molecule has 0 aromatic heterocycles. The number of rotatable bonds is 7. The molecule has 0 saturated heterocycles. The van der Waals surface area contributed by atoms with E-state index in [0.29, 0.717) is 11.4 Å². The number of carbonyl (C=O) groups is 4. The van der Waals surface area contributed by atoms with Crippen molar-refractivity contribution in [1.82, 2.24) is 5.32 Å². The lowest BCUT2D eigenvalue weighted by Gasteiger charge is -2.14. The molecule has 0 heterocycles. The van der Waals surface area contributed by atoms with E-state index in [0.717, 1.165) is 6.07 Å². The fourth-order valence-corrected chi connectivity index (χ4v) is 2.26. The highest BCUT2D eigenvalue weighted by Gasteiger charge is 2.18. The second kappa shape index (κ2) is 9.98. The molecule has 0 fully saturated rings. The molecule has 29 heavy (non-hydrogen) atoms. The van der Waals surface area contributed by atoms with Gasteiger partial charge >= 0.3 is 5.97 Å². The van der Waals surface area contributed by atoms with Gasteiger partial charge in [0.15, 0.2) is 6.10 Å². The first-order valence-electron chi connectivity index (χ1n) is 8.66. The van der Waals surface area contributed by atoms with E-state index < -0.39 is 36.2 Å². The molecule has 3 amide bonds. The Kier molecular flexibility index (Phi) is 7.41. The van der Waals surface area contributed by atoms with Gasteiger partial charge in [-0.15, -0.1) is 0 Å². The number of ether oxygens (including phenoxy) is 1. The summed E-state index contributed by atoms with van der Waals surface area (Å²) in [7, 11) is 0. The molecule has 9 heteroatoms. The molecule has 0 unspecified atom stereocenters. The smallest absolute Gasteiger partial charge is 0.326 e. The monoisotopic (exact) mass is 401 g/mol. The zero-order valence-electron chi connectivity index (χ0n) is 15.8. The zero-order valence-corrected chi connectivity index (χ0v) is 15.8. The van der Waals surface area contributed by atoms with Gasteiger partial charge in [-0.05, 0) is 49.4 Å². The van der Waals surface area contributed by atoms with Crippen LogP contribution in [0.2, 0.25) is 0 Å². The lowest BCUT2D eigenvalue weighted by atomic mass is 10.2. The van der Waals surface area contributed by atoms with Gasteiger partial charge in [-0.1, -0.05) is 6.07 Å². The molecule has 2 rings (SSSR count). The standard InChI is InChI=1S/C20H20FN3O5/c1-12(19(27)24-17-8-6-16(7-9-17)23-13(2)25)29-18(26)11-22-20(28)14-4-3-5-15(21)10-14/h3-10,12H,11H2,1-2H3,(H,22,28)(H,23,25)(H,24,27)/t12-/m0/s1. The molecule has 1 atom stereocenters. The quantitative estimate of drug-likeness (QED) is 0.615. The molecular formula is C20H20FN3O5. The Morgan fingerprint density at radius 3 is 2.21 bits per heavy atom. The van der Waals surface area contributed by atoms with Crippen LogP contribution in [-0.2, 0) is 19.1 Å². The van der Waals surface area contributed by atoms with E-state index in [4.69, 9.17) is 4.74 Å². The minimum Gasteiger partial charge on any atom is -0.451 e. The maximum absolute atomic E-state index is 13.1. The van der Waals surface area contributed by atoms with Gasteiger partial charge in [-0.25, -0.2) is 4.39 Å². The Hall–Kier alpha value is -3.75. The lowest BCUT2D eigenvalue weighted by molar-refractivity contribution is -0.152. The molecule has 0 bridgehead atoms. The molecular weight excluding hydrogens is 381 g/mol. The van der Waals surface area contributed by atoms with Crippen LogP contribution in [0.25, 0.3) is 0 Å². The van der Waals surface area contributed by atoms with E-state index in [-0.39, 0.29) is 11.5 Å². The number of esters is 1. The van der Waals surface area contributed by atoms with Crippen molar-refractivity contribution in [3.63, 3.8) is 0 Å². The van der Waals surface area contributed by atoms with E-state index in [1.807, 2.05) is 0 Å². The van der Waals surface area contributed by atoms with Crippen molar-refractivity contribution in [2.75, 3.05) is 17.2 Å². The van der Waals surface area contributed by atoms with Crippen LogP contribution in [0, 0.1) is 5.82 Å². The van der Waals surface area contributed by atoms with Crippen LogP contribution in [0.5, 0.6) is 0 Å². The number of nitrogens with one attached hydrogen (secondary N) is 3. The third-order valence-corrected chi connectivity index (χ3v) is 3.63. The second-order valence-corrected chi connectivity index (χ2v) is 6.07. The first-order chi connectivity index (χ1) is 13.7. The Bertz CT molecular complexity index is 915. The van der Waals surface area contributed by atoms with Crippen molar-refractivity contribution in [1.29, 1.82) is 0 Å². The SMILES string of the molecule is CC(=O)Nc1ccc(NC(=O)[C@H](C)OC(=O)CNC(=O)c2cccc(F)c2)cc1. The third kappa shape index (κ3) is 7.06. The summed E-state index contributed by atoms with van der Waals surface area (Å²) in [6.45, 7) is 2.29. The van der Waals surface area contributed by atoms with Gasteiger partial charge in [0.1, 0.15) is 12.4 Å². The predicted octanol–water partition coefficient (Wildman–Crippen LogP) is 2.08. The number of carbonyl (C=O) groups excluding carboxylic acids is 4. The number of hydrogen-bond donors (Lipinski definition) is 3. The summed E-state index contributed by atoms with van der Waals surface area (Å²) in [4.78, 5) is 46.8. The molecule has 152 valence electrons. The summed E-state index contributed by atoms with van der Waals surface area (Å²) in [6, 6.07) is 11.4. The molecule has 2 aromatic carbocycles. The number of benzene rings is 2. The summed E-state index contributed by atoms with van der Waals surface area (Å²) in [6.07, 6.45) is -1.11. The van der Waals surface area contributed by atoms with Crippen molar-refractivity contribution in [3.05, 3.63) is 59.9 Å². The number of halogens is 1. The van der Waals surface area contributed by atoms with Gasteiger partial charge in [0.05, 0.1) is 0 Å². The van der Waals surface area contributed by atoms with E-state index in [1.165, 1.54) is 32.0 Å². The average Bonchev–Trinajstić information content (AvgIpc) is 2.67. The fraction of sp³-hybridized carbons (Fsp3) is 0.200. The van der Waals surface area contributed by atoms with Gasteiger partial charge in [0.25, 0.3) is 11.8 Å². The molecule has 0 saturated carbocycles. The van der Waals surface area contributed by atoms with Crippen LogP contribution in [0.3, 0.4) is 0 Å². The summed E-state index contributed by atoms with van der Waals surface area (Å²) in [5.41, 5.74) is 1.08. The highest BCUT2D eigenvalue weighted by molar-refractivity contribution is 5.97. The minimum atomic E-state index is -1.11. The molecule has 0 aliphatic heterocycles. The van der Waals surface area contributed by atoms with Crippen molar-refractivity contribution in [3.8, 4) is 0 Å². The first kappa shape index (κ1) is 21.5. The maximum Gasteiger partial charge on any atom is 0.326 e. The molecule has 0 spiro atoms. The number of anilines is 2. The van der Waals surface area contributed by atoms with Crippen LogP contribution < -0.4 is 16.0 Å². The van der Waals surface area contributed by atoms with Gasteiger partial charge in [0.2, 0.25) is 5.91 Å². The van der Waals surface area contributed by atoms with E-state index in [9.17, 15) is 23.6 Å². The van der Waals surface area contributed by atoms with E-state index in [2.05, 4.69) is 16.0 Å². The van der Waals surface area contributed by atoms with Crippen LogP contribution >= 0.6 is 0 Å². The average molecular weight is 401 g/mol. The summed E-state index contributed by atoms with van der Waals surface area (Å²) >= 11 is 0. The van der Waals surface area contributed by atoms with Gasteiger partial charge in [-0.3, -0.25) is 19.2 Å². The van der Waals surface area contributed by atoms with Crippen LogP contribution in [0.15, 0.2) is 48.5 Å². The highest BCUT2D eigenvalue weighted by Crippen LogP contribution is 2.14. The van der Waals surface area contributed by atoms with E-state index >= 15 is 0 Å². The maximum atomic E-state index is 13.1. The number of hydrogen-bond acceptors (Lipinski definition) is 5. The van der Waals surface area contributed by atoms with Crippen molar-refractivity contribution in [2.24, 2.45) is 0 Å². The molecule has 0 aliphatic rings. The third-order valence-electron chi connectivity index (χ3n) is 3.63. The summed E-state index contributed by atoms with van der Waals surface area (Å²) in [5, 5.41) is 7.46. The summed E-state index contributed by atoms with van der Waals surface area (Å²) < 4.78 is 18.1. The Labute approximate surface area is 166 Å². The molecule has 8 nitrogen and oxygen atoms in total. The van der Waals surface area contributed by atoms with Gasteiger partial charge < -0.3 is 20.7 Å². The largest absolute Gasteiger partial charge is 0.451 e. The Balaban J connectivity index is 1.80. The second-order valence-electron chi connectivity index (χ2n) is 6.07. The fourth-order valence-electron chi connectivity index (χ4n) is 2.26. The Morgan fingerprint density at radius 1 is 1.00 bits per heavy atom. The highest BCUT2D eigenvalue weighted by atomic mass is 19.1. The van der Waals surface area contributed by atoms with Crippen molar-refractivity contribution < 1.29 is 28.3 Å². The lowest BCUT2D eigenvalue weighted by Crippen LogP contribution is -2.35. The van der Waals surface area contributed by atoms with Gasteiger partial charge in [-0.2, -0.15) is 0 Å². The molecule has 2 aromatic rings. The molecule has 3 N–H and O–H groups in total. The predicted molar refractivity (Wildman–Crippen MR) is 104 cm³/mol. The van der Waals surface area contributed by atoms with Crippen LogP contribution in [0.1, 0.15) is 24.2 Å². The molecule has 0 radical (unpaired) electrons. The van der Waals surface area contributed by atoms with Gasteiger partial charge in [0, 0.05) is 23.9 Å². The van der Waals surface area contributed by atoms with E-state index in [1.54, 1.807) is 24.3 Å².